The molecule has 0 heterocycles. The van der Waals surface area contributed by atoms with Crippen LogP contribution in [-0.2, 0) is 4.79 Å². The lowest BCUT2D eigenvalue weighted by atomic mass is 10.1. The quantitative estimate of drug-likeness (QED) is 0.582. The predicted octanol–water partition coefficient (Wildman–Crippen LogP) is 0.0395. The molecule has 0 aliphatic rings. The second-order valence-corrected chi connectivity index (χ2v) is 4.05. The van der Waals surface area contributed by atoms with Crippen molar-refractivity contribution in [2.24, 2.45) is 0 Å². The van der Waals surface area contributed by atoms with E-state index in [9.17, 15) is 14.7 Å². The van der Waals surface area contributed by atoms with Crippen LogP contribution in [-0.4, -0.2) is 52.9 Å². The first-order valence-corrected chi connectivity index (χ1v) is 4.76. The lowest BCUT2D eigenvalue weighted by molar-refractivity contribution is -0.155. The van der Waals surface area contributed by atoms with Gasteiger partial charge in [0.25, 0.3) is 0 Å². The number of urea groups is 1. The maximum atomic E-state index is 11.4. The van der Waals surface area contributed by atoms with Crippen molar-refractivity contribution in [3.05, 3.63) is 12.2 Å². The molecule has 0 aliphatic carbocycles. The third kappa shape index (κ3) is 4.79. The summed E-state index contributed by atoms with van der Waals surface area (Å²) in [6.07, 6.45) is 0. The molecular weight excluding hydrogens is 212 g/mol. The first-order valence-electron chi connectivity index (χ1n) is 4.76. The number of likely N-dealkylation sites (N-methyl/N-ethyl adjacent to an activating group) is 1. The minimum atomic E-state index is -1.96. The predicted molar refractivity (Wildman–Crippen MR) is 59.1 cm³/mol. The van der Waals surface area contributed by atoms with Crippen LogP contribution in [0.4, 0.5) is 4.79 Å². The van der Waals surface area contributed by atoms with Crippen LogP contribution in [0, 0.1) is 0 Å². The van der Waals surface area contributed by atoms with Gasteiger partial charge in [0.15, 0.2) is 5.60 Å². The Morgan fingerprint density at radius 2 is 2.00 bits per heavy atom. The van der Waals surface area contributed by atoms with Crippen molar-refractivity contribution in [3.8, 4) is 0 Å². The van der Waals surface area contributed by atoms with Gasteiger partial charge >= 0.3 is 12.0 Å². The van der Waals surface area contributed by atoms with Crippen LogP contribution in [0.15, 0.2) is 12.2 Å². The van der Waals surface area contributed by atoms with Crippen molar-refractivity contribution in [3.63, 3.8) is 0 Å². The summed E-state index contributed by atoms with van der Waals surface area (Å²) in [6.45, 7) is 6.57. The van der Waals surface area contributed by atoms with Gasteiger partial charge in [-0.15, -0.1) is 0 Å². The van der Waals surface area contributed by atoms with E-state index in [1.165, 1.54) is 4.90 Å². The van der Waals surface area contributed by atoms with E-state index in [1.54, 1.807) is 14.0 Å². The van der Waals surface area contributed by atoms with Gasteiger partial charge in [0.05, 0.1) is 6.54 Å². The summed E-state index contributed by atoms with van der Waals surface area (Å²) in [7, 11) is 1.56. The highest BCUT2D eigenvalue weighted by atomic mass is 16.4. The van der Waals surface area contributed by atoms with Crippen LogP contribution in [0.2, 0.25) is 0 Å². The molecule has 6 heteroatoms. The molecule has 0 aromatic rings. The molecule has 0 aromatic carbocycles. The molecule has 0 radical (unpaired) electrons. The Morgan fingerprint density at radius 3 is 2.38 bits per heavy atom. The normalized spacial score (nSPS) is 13.8. The van der Waals surface area contributed by atoms with Crippen molar-refractivity contribution in [2.75, 3.05) is 20.1 Å². The van der Waals surface area contributed by atoms with Crippen molar-refractivity contribution in [1.82, 2.24) is 10.2 Å². The third-order valence-electron chi connectivity index (χ3n) is 1.90. The summed E-state index contributed by atoms with van der Waals surface area (Å²) in [4.78, 5) is 23.3. The summed E-state index contributed by atoms with van der Waals surface area (Å²) >= 11 is 0. The van der Waals surface area contributed by atoms with Gasteiger partial charge in [0, 0.05) is 13.6 Å². The Morgan fingerprint density at radius 1 is 1.50 bits per heavy atom. The molecule has 0 fully saturated rings. The minimum Gasteiger partial charge on any atom is -0.479 e. The summed E-state index contributed by atoms with van der Waals surface area (Å²) in [5.41, 5.74) is -1.15. The molecule has 0 saturated carbocycles. The average Bonchev–Trinajstić information content (AvgIpc) is 2.12. The lowest BCUT2D eigenvalue weighted by Gasteiger charge is -2.22. The molecule has 2 amide bonds. The topological polar surface area (TPSA) is 89.9 Å². The molecule has 3 N–H and O–H groups in total. The lowest BCUT2D eigenvalue weighted by Crippen LogP contribution is -2.49. The van der Waals surface area contributed by atoms with Gasteiger partial charge < -0.3 is 20.4 Å². The number of nitrogens with one attached hydrogen (secondary N) is 1. The Bertz CT molecular complexity index is 299. The highest BCUT2D eigenvalue weighted by Crippen LogP contribution is 2.01. The van der Waals surface area contributed by atoms with Crippen molar-refractivity contribution in [1.29, 1.82) is 0 Å². The van der Waals surface area contributed by atoms with Gasteiger partial charge in [-0.1, -0.05) is 12.2 Å². The number of aliphatic carboxylic acids is 1. The zero-order valence-electron chi connectivity index (χ0n) is 9.78. The Kier molecular flexibility index (Phi) is 4.97. The SMILES string of the molecule is C=C(C)CN(C)C(=O)NCC(C)(O)C(=O)O. The molecule has 16 heavy (non-hydrogen) atoms. The summed E-state index contributed by atoms with van der Waals surface area (Å²) in [5, 5.41) is 20.3. The second-order valence-electron chi connectivity index (χ2n) is 4.05. The fourth-order valence-electron chi connectivity index (χ4n) is 0.935. The molecule has 0 bridgehead atoms. The van der Waals surface area contributed by atoms with Crippen molar-refractivity contribution in [2.45, 2.75) is 19.4 Å². The van der Waals surface area contributed by atoms with E-state index in [2.05, 4.69) is 11.9 Å². The van der Waals surface area contributed by atoms with Gasteiger partial charge in [-0.3, -0.25) is 0 Å². The molecule has 0 saturated heterocycles. The number of carboxylic acids is 1. The van der Waals surface area contributed by atoms with Gasteiger partial charge in [0.2, 0.25) is 0 Å². The first kappa shape index (κ1) is 14.4. The number of carbonyl (C=O) groups excluding carboxylic acids is 1. The zero-order valence-corrected chi connectivity index (χ0v) is 9.78. The van der Waals surface area contributed by atoms with Crippen LogP contribution in [0.3, 0.4) is 0 Å². The van der Waals surface area contributed by atoms with E-state index in [0.29, 0.717) is 6.54 Å². The number of carbonyl (C=O) groups is 2. The molecule has 0 aromatic heterocycles. The van der Waals surface area contributed by atoms with Crippen LogP contribution < -0.4 is 5.32 Å². The molecule has 0 aliphatic heterocycles. The maximum absolute atomic E-state index is 11.4. The standard InChI is InChI=1S/C10H18N2O4/c1-7(2)5-12(4)9(15)11-6-10(3,16)8(13)14/h16H,1,5-6H2,2-4H3,(H,11,15)(H,13,14). The molecule has 0 rings (SSSR count). The molecular formula is C10H18N2O4. The van der Waals surface area contributed by atoms with Crippen LogP contribution >= 0.6 is 0 Å². The monoisotopic (exact) mass is 230 g/mol. The van der Waals surface area contributed by atoms with Gasteiger partial charge in [0.1, 0.15) is 0 Å². The second kappa shape index (κ2) is 5.50. The van der Waals surface area contributed by atoms with E-state index in [4.69, 9.17) is 5.11 Å². The summed E-state index contributed by atoms with van der Waals surface area (Å²) < 4.78 is 0. The Hall–Kier alpha value is -1.56. The summed E-state index contributed by atoms with van der Waals surface area (Å²) in [6, 6.07) is -0.454. The van der Waals surface area contributed by atoms with Crippen molar-refractivity contribution < 1.29 is 19.8 Å². The summed E-state index contributed by atoms with van der Waals surface area (Å²) in [5.74, 6) is -1.38. The van der Waals surface area contributed by atoms with Gasteiger partial charge in [-0.25, -0.2) is 9.59 Å². The number of hydrogen-bond donors (Lipinski definition) is 3. The van der Waals surface area contributed by atoms with E-state index in [0.717, 1.165) is 12.5 Å². The first-order chi connectivity index (χ1) is 7.16. The Balaban J connectivity index is 4.17. The fraction of sp³-hybridized carbons (Fsp3) is 0.600. The maximum Gasteiger partial charge on any atom is 0.337 e. The van der Waals surface area contributed by atoms with Crippen molar-refractivity contribution >= 4 is 12.0 Å². The number of hydrogen-bond acceptors (Lipinski definition) is 3. The molecule has 1 unspecified atom stereocenters. The highest BCUT2D eigenvalue weighted by Gasteiger charge is 2.30. The fourth-order valence-corrected chi connectivity index (χ4v) is 0.935. The smallest absolute Gasteiger partial charge is 0.337 e. The zero-order chi connectivity index (χ0) is 12.9. The molecule has 0 spiro atoms. The molecule has 6 nitrogen and oxygen atoms in total. The van der Waals surface area contributed by atoms with Crippen LogP contribution in [0.1, 0.15) is 13.8 Å². The average molecular weight is 230 g/mol. The Labute approximate surface area is 94.6 Å². The van der Waals surface area contributed by atoms with E-state index >= 15 is 0 Å². The third-order valence-corrected chi connectivity index (χ3v) is 1.90. The number of nitrogens with zero attached hydrogens (tertiary/aromatic N) is 1. The van der Waals surface area contributed by atoms with Gasteiger partial charge in [-0.05, 0) is 13.8 Å². The van der Waals surface area contributed by atoms with E-state index < -0.39 is 17.6 Å². The minimum absolute atomic E-state index is 0.346. The van der Waals surface area contributed by atoms with Crippen LogP contribution in [0.25, 0.3) is 0 Å². The molecule has 1 atom stereocenters. The number of rotatable bonds is 5. The highest BCUT2D eigenvalue weighted by molar-refractivity contribution is 5.79. The number of carboxylic acid groups (broad SMARTS) is 1. The molecule has 92 valence electrons. The van der Waals surface area contributed by atoms with E-state index in [-0.39, 0.29) is 6.54 Å². The van der Waals surface area contributed by atoms with E-state index in [1.807, 2.05) is 0 Å². The number of amides is 2. The largest absolute Gasteiger partial charge is 0.479 e. The van der Waals surface area contributed by atoms with Gasteiger partial charge in [-0.2, -0.15) is 0 Å². The van der Waals surface area contributed by atoms with Crippen LogP contribution in [0.5, 0.6) is 0 Å². The number of aliphatic hydroxyl groups is 1.